The van der Waals surface area contributed by atoms with Crippen LogP contribution in [-0.2, 0) is 0 Å². The summed E-state index contributed by atoms with van der Waals surface area (Å²) in [5.74, 6) is 0.557. The molecule has 142 valence electrons. The minimum atomic E-state index is -0.236. The SMILES string of the molecule is CCCCC(CN)NC(=O)c1nnn(-c2ccc(OC(C)C)cc2)c1C. The normalized spacial score (nSPS) is 12.2. The Morgan fingerprint density at radius 3 is 2.58 bits per heavy atom. The van der Waals surface area contributed by atoms with Gasteiger partial charge in [-0.1, -0.05) is 25.0 Å². The Bertz CT molecular complexity index is 709. The molecule has 0 saturated heterocycles. The van der Waals surface area contributed by atoms with Crippen LogP contribution in [0.15, 0.2) is 24.3 Å². The number of benzene rings is 1. The van der Waals surface area contributed by atoms with Gasteiger partial charge in [-0.3, -0.25) is 4.79 Å². The Morgan fingerprint density at radius 1 is 1.31 bits per heavy atom. The molecular formula is C19H29N5O2. The molecule has 1 amide bonds. The number of nitrogens with zero attached hydrogens (tertiary/aromatic N) is 3. The van der Waals surface area contributed by atoms with Crippen LogP contribution >= 0.6 is 0 Å². The van der Waals surface area contributed by atoms with E-state index in [0.29, 0.717) is 17.9 Å². The molecule has 2 aromatic rings. The number of aromatic nitrogens is 3. The zero-order chi connectivity index (χ0) is 19.1. The second kappa shape index (κ2) is 9.33. The third kappa shape index (κ3) is 5.05. The van der Waals surface area contributed by atoms with Gasteiger partial charge in [0.05, 0.1) is 17.5 Å². The van der Waals surface area contributed by atoms with E-state index in [0.717, 1.165) is 30.7 Å². The van der Waals surface area contributed by atoms with Crippen molar-refractivity contribution in [1.82, 2.24) is 20.3 Å². The van der Waals surface area contributed by atoms with Gasteiger partial charge in [0.1, 0.15) is 5.75 Å². The standard InChI is InChI=1S/C19H29N5O2/c1-5-6-7-15(12-20)21-19(25)18-14(4)24(23-22-18)16-8-10-17(11-9-16)26-13(2)3/h8-11,13,15H,5-7,12,20H2,1-4H3,(H,21,25). The zero-order valence-corrected chi connectivity index (χ0v) is 16.0. The summed E-state index contributed by atoms with van der Waals surface area (Å²) in [6.07, 6.45) is 3.08. The van der Waals surface area contributed by atoms with Crippen LogP contribution in [0, 0.1) is 6.92 Å². The maximum atomic E-state index is 12.5. The van der Waals surface area contributed by atoms with Gasteiger partial charge < -0.3 is 15.8 Å². The Labute approximate surface area is 154 Å². The molecule has 7 heteroatoms. The summed E-state index contributed by atoms with van der Waals surface area (Å²) in [6, 6.07) is 7.51. The third-order valence-electron chi connectivity index (χ3n) is 4.09. The smallest absolute Gasteiger partial charge is 0.274 e. The van der Waals surface area contributed by atoms with Crippen LogP contribution in [0.2, 0.25) is 0 Å². The number of hydrogen-bond acceptors (Lipinski definition) is 5. The molecule has 0 aliphatic rings. The van der Waals surface area contributed by atoms with Crippen LogP contribution < -0.4 is 15.8 Å². The fourth-order valence-electron chi connectivity index (χ4n) is 2.68. The highest BCUT2D eigenvalue weighted by Gasteiger charge is 2.19. The lowest BCUT2D eigenvalue weighted by atomic mass is 10.1. The van der Waals surface area contributed by atoms with Crippen LogP contribution in [-0.4, -0.2) is 39.6 Å². The number of nitrogens with two attached hydrogens (primary N) is 1. The first-order chi connectivity index (χ1) is 12.5. The summed E-state index contributed by atoms with van der Waals surface area (Å²) in [5.41, 5.74) is 7.59. The van der Waals surface area contributed by atoms with Crippen molar-refractivity contribution in [3.05, 3.63) is 35.7 Å². The molecule has 1 unspecified atom stereocenters. The van der Waals surface area contributed by atoms with Gasteiger partial charge in [0.25, 0.3) is 5.91 Å². The number of nitrogens with one attached hydrogen (secondary N) is 1. The molecule has 0 bridgehead atoms. The molecule has 0 radical (unpaired) electrons. The van der Waals surface area contributed by atoms with Gasteiger partial charge in [0, 0.05) is 12.6 Å². The lowest BCUT2D eigenvalue weighted by Crippen LogP contribution is -2.40. The van der Waals surface area contributed by atoms with E-state index in [9.17, 15) is 4.79 Å². The predicted octanol–water partition coefficient (Wildman–Crippen LogP) is 2.61. The summed E-state index contributed by atoms with van der Waals surface area (Å²) in [7, 11) is 0. The summed E-state index contributed by atoms with van der Waals surface area (Å²) < 4.78 is 7.30. The van der Waals surface area contributed by atoms with Crippen LogP contribution in [0.5, 0.6) is 5.75 Å². The molecule has 0 spiro atoms. The molecule has 1 aromatic heterocycles. The summed E-state index contributed by atoms with van der Waals surface area (Å²) in [6.45, 7) is 8.32. The van der Waals surface area contributed by atoms with Gasteiger partial charge in [-0.2, -0.15) is 0 Å². The van der Waals surface area contributed by atoms with E-state index in [1.165, 1.54) is 0 Å². The van der Waals surface area contributed by atoms with Crippen molar-refractivity contribution in [2.75, 3.05) is 6.54 Å². The van der Waals surface area contributed by atoms with Gasteiger partial charge in [0.15, 0.2) is 5.69 Å². The molecule has 1 heterocycles. The van der Waals surface area contributed by atoms with Gasteiger partial charge in [0.2, 0.25) is 0 Å². The lowest BCUT2D eigenvalue weighted by Gasteiger charge is -2.15. The monoisotopic (exact) mass is 359 g/mol. The molecule has 3 N–H and O–H groups in total. The maximum Gasteiger partial charge on any atom is 0.274 e. The molecular weight excluding hydrogens is 330 g/mol. The van der Waals surface area contributed by atoms with Crippen LogP contribution in [0.4, 0.5) is 0 Å². The van der Waals surface area contributed by atoms with Crippen molar-refractivity contribution < 1.29 is 9.53 Å². The number of hydrogen-bond donors (Lipinski definition) is 2. The molecule has 1 atom stereocenters. The van der Waals surface area contributed by atoms with Gasteiger partial charge >= 0.3 is 0 Å². The largest absolute Gasteiger partial charge is 0.491 e. The zero-order valence-electron chi connectivity index (χ0n) is 16.0. The number of carbonyl (C=O) groups excluding carboxylic acids is 1. The van der Waals surface area contributed by atoms with Crippen molar-refractivity contribution in [3.8, 4) is 11.4 Å². The first-order valence-electron chi connectivity index (χ1n) is 9.16. The molecule has 7 nitrogen and oxygen atoms in total. The van der Waals surface area contributed by atoms with E-state index in [1.54, 1.807) is 4.68 Å². The average molecular weight is 359 g/mol. The van der Waals surface area contributed by atoms with Gasteiger partial charge in [-0.05, 0) is 51.5 Å². The minimum absolute atomic E-state index is 0.0422. The van der Waals surface area contributed by atoms with Crippen molar-refractivity contribution >= 4 is 5.91 Å². The van der Waals surface area contributed by atoms with E-state index >= 15 is 0 Å². The average Bonchev–Trinajstić information content (AvgIpc) is 3.00. The van der Waals surface area contributed by atoms with Crippen LogP contribution in [0.3, 0.4) is 0 Å². The predicted molar refractivity (Wildman–Crippen MR) is 102 cm³/mol. The second-order valence-corrected chi connectivity index (χ2v) is 6.64. The van der Waals surface area contributed by atoms with Crippen molar-refractivity contribution in [2.45, 2.75) is 59.1 Å². The van der Waals surface area contributed by atoms with Gasteiger partial charge in [-0.15, -0.1) is 5.10 Å². The molecule has 0 fully saturated rings. The molecule has 0 aliphatic heterocycles. The number of amides is 1. The highest BCUT2D eigenvalue weighted by molar-refractivity contribution is 5.93. The van der Waals surface area contributed by atoms with Gasteiger partial charge in [-0.25, -0.2) is 4.68 Å². The van der Waals surface area contributed by atoms with E-state index in [4.69, 9.17) is 10.5 Å². The lowest BCUT2D eigenvalue weighted by molar-refractivity contribution is 0.0930. The summed E-state index contributed by atoms with van der Waals surface area (Å²) >= 11 is 0. The van der Waals surface area contributed by atoms with E-state index < -0.39 is 0 Å². The van der Waals surface area contributed by atoms with E-state index in [1.807, 2.05) is 45.0 Å². The minimum Gasteiger partial charge on any atom is -0.491 e. The number of rotatable bonds is 9. The first-order valence-corrected chi connectivity index (χ1v) is 9.16. The Hall–Kier alpha value is -2.41. The number of ether oxygens (including phenoxy) is 1. The number of unbranched alkanes of at least 4 members (excludes halogenated alkanes) is 1. The molecule has 2 rings (SSSR count). The quantitative estimate of drug-likeness (QED) is 0.717. The molecule has 1 aromatic carbocycles. The summed E-state index contributed by atoms with van der Waals surface area (Å²) in [5, 5.41) is 11.1. The highest BCUT2D eigenvalue weighted by Crippen LogP contribution is 2.18. The van der Waals surface area contributed by atoms with E-state index in [2.05, 4.69) is 22.6 Å². The van der Waals surface area contributed by atoms with E-state index in [-0.39, 0.29) is 18.1 Å². The topological polar surface area (TPSA) is 95.1 Å². The first kappa shape index (κ1) is 19.9. The maximum absolute atomic E-state index is 12.5. The van der Waals surface area contributed by atoms with Crippen LogP contribution in [0.1, 0.15) is 56.2 Å². The molecule has 26 heavy (non-hydrogen) atoms. The Morgan fingerprint density at radius 2 is 2.00 bits per heavy atom. The third-order valence-corrected chi connectivity index (χ3v) is 4.09. The van der Waals surface area contributed by atoms with Crippen LogP contribution in [0.25, 0.3) is 5.69 Å². The fourth-order valence-corrected chi connectivity index (χ4v) is 2.68. The molecule has 0 aliphatic carbocycles. The Kier molecular flexibility index (Phi) is 7.15. The van der Waals surface area contributed by atoms with Crippen molar-refractivity contribution in [1.29, 1.82) is 0 Å². The Balaban J connectivity index is 2.12. The summed E-state index contributed by atoms with van der Waals surface area (Å²) in [4.78, 5) is 12.5. The molecule has 0 saturated carbocycles. The number of carbonyl (C=O) groups is 1. The highest BCUT2D eigenvalue weighted by atomic mass is 16.5. The van der Waals surface area contributed by atoms with Crippen molar-refractivity contribution in [3.63, 3.8) is 0 Å². The second-order valence-electron chi connectivity index (χ2n) is 6.64. The fraction of sp³-hybridized carbons (Fsp3) is 0.526. The van der Waals surface area contributed by atoms with Crippen molar-refractivity contribution in [2.24, 2.45) is 5.73 Å².